The largest absolute Gasteiger partial charge is 0.294 e. The maximum Gasteiger partial charge on any atom is 0.164 e. The quantitative estimate of drug-likeness (QED) is 0.658. The van der Waals surface area contributed by atoms with Crippen molar-refractivity contribution in [3.63, 3.8) is 0 Å². The van der Waals surface area contributed by atoms with Crippen LogP contribution in [-0.2, 0) is 4.79 Å². The topological polar surface area (TPSA) is 17.1 Å². The summed E-state index contributed by atoms with van der Waals surface area (Å²) in [5.74, 6) is 0.707. The van der Waals surface area contributed by atoms with Crippen LogP contribution in [0.25, 0.3) is 5.57 Å². The second kappa shape index (κ2) is 3.41. The monoisotopic (exact) mass is 186 g/mol. The molecule has 1 aromatic rings. The Bertz CT molecular complexity index is 387. The number of rotatable bonds is 1. The van der Waals surface area contributed by atoms with Gasteiger partial charge in [-0.05, 0) is 18.4 Å². The summed E-state index contributed by atoms with van der Waals surface area (Å²) >= 11 is 0. The van der Waals surface area contributed by atoms with Crippen molar-refractivity contribution in [3.8, 4) is 0 Å². The zero-order valence-electron chi connectivity index (χ0n) is 8.58. The highest BCUT2D eigenvalue weighted by Crippen LogP contribution is 2.34. The highest BCUT2D eigenvalue weighted by Gasteiger charge is 2.26. The number of hydrogen-bond acceptors (Lipinski definition) is 1. The molecule has 0 heterocycles. The second-order valence-corrected chi connectivity index (χ2v) is 3.95. The van der Waals surface area contributed by atoms with Crippen molar-refractivity contribution in [1.29, 1.82) is 0 Å². The van der Waals surface area contributed by atoms with Gasteiger partial charge in [-0.15, -0.1) is 0 Å². The molecule has 0 radical (unpaired) electrons. The van der Waals surface area contributed by atoms with E-state index in [1.165, 1.54) is 5.57 Å². The van der Waals surface area contributed by atoms with Crippen molar-refractivity contribution in [3.05, 3.63) is 41.5 Å². The molecule has 0 bridgehead atoms. The van der Waals surface area contributed by atoms with Crippen LogP contribution < -0.4 is 0 Å². The minimum atomic E-state index is 0.293. The first kappa shape index (κ1) is 9.20. The van der Waals surface area contributed by atoms with Gasteiger partial charge in [0.25, 0.3) is 0 Å². The third-order valence-corrected chi connectivity index (χ3v) is 2.97. The number of allylic oxidation sites excluding steroid dienone is 2. The van der Waals surface area contributed by atoms with Crippen LogP contribution in [0.5, 0.6) is 0 Å². The summed E-state index contributed by atoms with van der Waals surface area (Å²) in [6, 6.07) is 9.95. The molecule has 0 aromatic heterocycles. The minimum Gasteiger partial charge on any atom is -0.294 e. The summed E-state index contributed by atoms with van der Waals surface area (Å²) in [5, 5.41) is 0. The molecule has 0 aliphatic heterocycles. The molecule has 0 saturated heterocycles. The van der Waals surface area contributed by atoms with Crippen LogP contribution >= 0.6 is 0 Å². The minimum absolute atomic E-state index is 0.293. The Balaban J connectivity index is 2.49. The van der Waals surface area contributed by atoms with Crippen LogP contribution in [0.1, 0.15) is 25.8 Å². The molecule has 0 fully saturated rings. The molecular formula is C13H14O. The van der Waals surface area contributed by atoms with Crippen LogP contribution in [0, 0.1) is 5.92 Å². The van der Waals surface area contributed by atoms with E-state index in [0.717, 1.165) is 11.1 Å². The number of carbonyl (C=O) groups excluding carboxylic acids is 1. The van der Waals surface area contributed by atoms with E-state index in [2.05, 4.69) is 13.8 Å². The van der Waals surface area contributed by atoms with Gasteiger partial charge in [0.05, 0.1) is 0 Å². The lowest BCUT2D eigenvalue weighted by Gasteiger charge is -2.03. The molecule has 0 spiro atoms. The maximum atomic E-state index is 11.7. The Hall–Kier alpha value is -1.37. The second-order valence-electron chi connectivity index (χ2n) is 3.95. The van der Waals surface area contributed by atoms with Crippen molar-refractivity contribution >= 4 is 11.4 Å². The fourth-order valence-corrected chi connectivity index (χ4v) is 1.99. The van der Waals surface area contributed by atoms with E-state index in [1.807, 2.05) is 30.3 Å². The number of Topliss-reactive ketones (excluding diaryl/α,β-unsaturated/α-hetero) is 1. The highest BCUT2D eigenvalue weighted by molar-refractivity contribution is 6.23. The first-order chi connectivity index (χ1) is 6.70. The van der Waals surface area contributed by atoms with Gasteiger partial charge < -0.3 is 0 Å². The standard InChI is InChI=1S/C13H14O/c1-9-8-12(14)13(10(9)2)11-6-4-3-5-7-11/h3-7,9H,8H2,1-2H3. The van der Waals surface area contributed by atoms with E-state index in [4.69, 9.17) is 0 Å². The average Bonchev–Trinajstić information content (AvgIpc) is 2.43. The van der Waals surface area contributed by atoms with Crippen LogP contribution in [0.3, 0.4) is 0 Å². The lowest BCUT2D eigenvalue weighted by Crippen LogP contribution is -1.95. The van der Waals surface area contributed by atoms with E-state index in [-0.39, 0.29) is 0 Å². The molecular weight excluding hydrogens is 172 g/mol. The van der Waals surface area contributed by atoms with E-state index >= 15 is 0 Å². The molecule has 1 aliphatic carbocycles. The lowest BCUT2D eigenvalue weighted by molar-refractivity contribution is -0.113. The van der Waals surface area contributed by atoms with Crippen molar-refractivity contribution < 1.29 is 4.79 Å². The normalized spacial score (nSPS) is 21.9. The molecule has 2 rings (SSSR count). The average molecular weight is 186 g/mol. The maximum absolute atomic E-state index is 11.7. The van der Waals surface area contributed by atoms with Crippen molar-refractivity contribution in [2.75, 3.05) is 0 Å². The number of carbonyl (C=O) groups is 1. The summed E-state index contributed by atoms with van der Waals surface area (Å²) in [5.41, 5.74) is 3.25. The Morgan fingerprint density at radius 3 is 2.36 bits per heavy atom. The van der Waals surface area contributed by atoms with Gasteiger partial charge in [-0.1, -0.05) is 42.8 Å². The molecule has 1 nitrogen and oxygen atoms in total. The van der Waals surface area contributed by atoms with Gasteiger partial charge >= 0.3 is 0 Å². The number of ketones is 1. The third kappa shape index (κ3) is 1.39. The fraction of sp³-hybridized carbons (Fsp3) is 0.308. The predicted molar refractivity (Wildman–Crippen MR) is 57.8 cm³/mol. The van der Waals surface area contributed by atoms with Gasteiger partial charge in [-0.2, -0.15) is 0 Å². The van der Waals surface area contributed by atoms with E-state index in [1.54, 1.807) is 0 Å². The van der Waals surface area contributed by atoms with Gasteiger partial charge in [0.15, 0.2) is 5.78 Å². The van der Waals surface area contributed by atoms with Gasteiger partial charge in [-0.3, -0.25) is 4.79 Å². The Kier molecular flexibility index (Phi) is 2.24. The molecule has 0 saturated carbocycles. The van der Waals surface area contributed by atoms with Crippen LogP contribution in [0.4, 0.5) is 0 Å². The molecule has 1 atom stereocenters. The zero-order valence-corrected chi connectivity index (χ0v) is 8.58. The smallest absolute Gasteiger partial charge is 0.164 e. The molecule has 1 heteroatoms. The Labute approximate surface area is 84.5 Å². The molecule has 0 amide bonds. The van der Waals surface area contributed by atoms with Crippen molar-refractivity contribution in [2.45, 2.75) is 20.3 Å². The Morgan fingerprint density at radius 2 is 1.86 bits per heavy atom. The van der Waals surface area contributed by atoms with Crippen molar-refractivity contribution in [1.82, 2.24) is 0 Å². The van der Waals surface area contributed by atoms with Crippen LogP contribution in [0.2, 0.25) is 0 Å². The summed E-state index contributed by atoms with van der Waals surface area (Å²) in [4.78, 5) is 11.7. The van der Waals surface area contributed by atoms with Crippen LogP contribution in [0.15, 0.2) is 35.9 Å². The summed E-state index contributed by atoms with van der Waals surface area (Å²) in [6.45, 7) is 4.18. The van der Waals surface area contributed by atoms with Gasteiger partial charge in [0.2, 0.25) is 0 Å². The molecule has 72 valence electrons. The van der Waals surface area contributed by atoms with Crippen LogP contribution in [-0.4, -0.2) is 5.78 Å². The van der Waals surface area contributed by atoms with Crippen molar-refractivity contribution in [2.24, 2.45) is 5.92 Å². The first-order valence-electron chi connectivity index (χ1n) is 4.99. The summed E-state index contributed by atoms with van der Waals surface area (Å²) in [7, 11) is 0. The lowest BCUT2D eigenvalue weighted by atomic mass is 10.0. The third-order valence-electron chi connectivity index (χ3n) is 2.97. The molecule has 14 heavy (non-hydrogen) atoms. The zero-order chi connectivity index (χ0) is 10.1. The van der Waals surface area contributed by atoms with E-state index in [9.17, 15) is 4.79 Å². The van der Waals surface area contributed by atoms with E-state index < -0.39 is 0 Å². The molecule has 1 aromatic carbocycles. The first-order valence-corrected chi connectivity index (χ1v) is 4.99. The number of hydrogen-bond donors (Lipinski definition) is 0. The molecule has 1 aliphatic rings. The number of benzene rings is 1. The Morgan fingerprint density at radius 1 is 1.21 bits per heavy atom. The summed E-state index contributed by atoms with van der Waals surface area (Å²) < 4.78 is 0. The summed E-state index contributed by atoms with van der Waals surface area (Å²) in [6.07, 6.45) is 0.677. The van der Waals surface area contributed by atoms with Gasteiger partial charge in [0.1, 0.15) is 0 Å². The molecule has 0 N–H and O–H groups in total. The molecule has 1 unspecified atom stereocenters. The fourth-order valence-electron chi connectivity index (χ4n) is 1.99. The SMILES string of the molecule is CC1=C(c2ccccc2)C(=O)CC1C. The predicted octanol–water partition coefficient (Wildman–Crippen LogP) is 3.07. The highest BCUT2D eigenvalue weighted by atomic mass is 16.1. The van der Waals surface area contributed by atoms with Gasteiger partial charge in [0, 0.05) is 12.0 Å². The van der Waals surface area contributed by atoms with E-state index in [0.29, 0.717) is 18.1 Å². The van der Waals surface area contributed by atoms with Gasteiger partial charge in [-0.25, -0.2) is 0 Å².